The molecule has 0 aliphatic heterocycles. The molecule has 0 heterocycles. The van der Waals surface area contributed by atoms with Crippen LogP contribution >= 0.6 is 0 Å². The van der Waals surface area contributed by atoms with Crippen molar-refractivity contribution in [2.75, 3.05) is 13.2 Å². The van der Waals surface area contributed by atoms with Gasteiger partial charge in [-0.25, -0.2) is 0 Å². The van der Waals surface area contributed by atoms with Gasteiger partial charge in [-0.3, -0.25) is 10.1 Å². The Morgan fingerprint density at radius 3 is 2.62 bits per heavy atom. The summed E-state index contributed by atoms with van der Waals surface area (Å²) >= 11 is 0. The molecule has 0 bridgehead atoms. The quantitative estimate of drug-likeness (QED) is 0.592. The maximum Gasteiger partial charge on any atom is 0.269 e. The van der Waals surface area contributed by atoms with Gasteiger partial charge < -0.3 is 10.8 Å². The van der Waals surface area contributed by atoms with Gasteiger partial charge in [-0.2, -0.15) is 0 Å². The number of aliphatic hydroxyl groups is 1. The lowest BCUT2D eigenvalue weighted by Gasteiger charge is -2.27. The van der Waals surface area contributed by atoms with Crippen molar-refractivity contribution in [3.63, 3.8) is 0 Å². The highest BCUT2D eigenvalue weighted by Crippen LogP contribution is 2.28. The molecule has 5 nitrogen and oxygen atoms in total. The van der Waals surface area contributed by atoms with Crippen LogP contribution in [0.15, 0.2) is 18.2 Å². The number of rotatable bonds is 4. The number of nitro groups is 1. The van der Waals surface area contributed by atoms with Crippen molar-refractivity contribution in [1.82, 2.24) is 0 Å². The van der Waals surface area contributed by atoms with Crippen LogP contribution in [0.25, 0.3) is 0 Å². The first-order valence-electron chi connectivity index (χ1n) is 5.01. The van der Waals surface area contributed by atoms with E-state index in [-0.39, 0.29) is 18.8 Å². The van der Waals surface area contributed by atoms with Gasteiger partial charge in [0.2, 0.25) is 0 Å². The summed E-state index contributed by atoms with van der Waals surface area (Å²) in [4.78, 5) is 10.2. The third kappa shape index (κ3) is 2.20. The van der Waals surface area contributed by atoms with Gasteiger partial charge >= 0.3 is 0 Å². The lowest BCUT2D eigenvalue weighted by atomic mass is 9.81. The molecule has 1 rings (SSSR count). The monoisotopic (exact) mass is 224 g/mol. The molecule has 5 heteroatoms. The Labute approximate surface area is 94.0 Å². The molecule has 1 unspecified atom stereocenters. The minimum atomic E-state index is -0.629. The highest BCUT2D eigenvalue weighted by Gasteiger charge is 2.27. The first-order chi connectivity index (χ1) is 7.44. The van der Waals surface area contributed by atoms with Crippen LogP contribution in [0.4, 0.5) is 5.69 Å². The average molecular weight is 224 g/mol. The fourth-order valence-corrected chi connectivity index (χ4v) is 1.63. The van der Waals surface area contributed by atoms with E-state index in [2.05, 4.69) is 0 Å². The summed E-state index contributed by atoms with van der Waals surface area (Å²) in [5.74, 6) is 0. The van der Waals surface area contributed by atoms with Crippen LogP contribution in [-0.4, -0.2) is 23.2 Å². The van der Waals surface area contributed by atoms with Crippen LogP contribution in [0, 0.1) is 17.0 Å². The molecule has 1 aromatic rings. The molecule has 0 radical (unpaired) electrons. The van der Waals surface area contributed by atoms with Crippen LogP contribution in [0.2, 0.25) is 0 Å². The summed E-state index contributed by atoms with van der Waals surface area (Å²) in [6.45, 7) is 3.75. The van der Waals surface area contributed by atoms with E-state index in [1.54, 1.807) is 13.0 Å². The molecule has 0 aromatic heterocycles. The molecule has 0 fully saturated rings. The third-order valence-electron chi connectivity index (χ3n) is 2.88. The summed E-state index contributed by atoms with van der Waals surface area (Å²) in [6.07, 6.45) is 0. The van der Waals surface area contributed by atoms with Gasteiger partial charge in [0.15, 0.2) is 0 Å². The van der Waals surface area contributed by atoms with E-state index >= 15 is 0 Å². The van der Waals surface area contributed by atoms with E-state index in [1.807, 2.05) is 6.92 Å². The molecule has 1 atom stereocenters. The smallest absolute Gasteiger partial charge is 0.269 e. The molecule has 16 heavy (non-hydrogen) atoms. The number of nitrogens with two attached hydrogens (primary N) is 1. The van der Waals surface area contributed by atoms with Crippen molar-refractivity contribution in [3.05, 3.63) is 39.4 Å². The van der Waals surface area contributed by atoms with E-state index < -0.39 is 10.3 Å². The molecule has 0 amide bonds. The second kappa shape index (κ2) is 4.59. The number of nitro benzene ring substituents is 1. The molecular weight excluding hydrogens is 208 g/mol. The Morgan fingerprint density at radius 1 is 1.56 bits per heavy atom. The minimum Gasteiger partial charge on any atom is -0.395 e. The number of aliphatic hydroxyl groups excluding tert-OH is 1. The van der Waals surface area contributed by atoms with Gasteiger partial charge in [-0.15, -0.1) is 0 Å². The number of non-ortho nitro benzene ring substituents is 1. The lowest BCUT2D eigenvalue weighted by molar-refractivity contribution is -0.385. The number of hydrogen-bond acceptors (Lipinski definition) is 4. The summed E-state index contributed by atoms with van der Waals surface area (Å²) in [7, 11) is 0. The molecule has 0 aliphatic carbocycles. The topological polar surface area (TPSA) is 89.4 Å². The number of benzene rings is 1. The van der Waals surface area contributed by atoms with Crippen molar-refractivity contribution in [1.29, 1.82) is 0 Å². The van der Waals surface area contributed by atoms with Crippen LogP contribution in [0.3, 0.4) is 0 Å². The normalized spacial score (nSPS) is 14.5. The number of aryl methyl sites for hydroxylation is 1. The Hall–Kier alpha value is -1.46. The van der Waals surface area contributed by atoms with Crippen molar-refractivity contribution in [2.45, 2.75) is 19.3 Å². The maximum absolute atomic E-state index is 10.7. The molecular formula is C11H16N2O3. The van der Waals surface area contributed by atoms with Gasteiger partial charge in [0.1, 0.15) is 0 Å². The van der Waals surface area contributed by atoms with Gasteiger partial charge in [0.25, 0.3) is 5.69 Å². The van der Waals surface area contributed by atoms with Gasteiger partial charge in [-0.1, -0.05) is 13.0 Å². The van der Waals surface area contributed by atoms with Gasteiger partial charge in [-0.05, 0) is 18.1 Å². The zero-order valence-corrected chi connectivity index (χ0v) is 9.43. The lowest BCUT2D eigenvalue weighted by Crippen LogP contribution is -2.36. The van der Waals surface area contributed by atoms with Crippen LogP contribution < -0.4 is 5.73 Å². The Morgan fingerprint density at radius 2 is 2.19 bits per heavy atom. The van der Waals surface area contributed by atoms with Crippen LogP contribution in [0.5, 0.6) is 0 Å². The molecule has 0 saturated heterocycles. The van der Waals surface area contributed by atoms with Crippen LogP contribution in [0.1, 0.15) is 18.1 Å². The molecule has 1 aromatic carbocycles. The van der Waals surface area contributed by atoms with Gasteiger partial charge in [0, 0.05) is 24.1 Å². The van der Waals surface area contributed by atoms with E-state index in [1.165, 1.54) is 12.1 Å². The molecule has 0 saturated carbocycles. The summed E-state index contributed by atoms with van der Waals surface area (Å²) in [5.41, 5.74) is 6.63. The first kappa shape index (κ1) is 12.6. The molecule has 0 spiro atoms. The average Bonchev–Trinajstić information content (AvgIpc) is 2.28. The number of hydrogen-bond donors (Lipinski definition) is 2. The van der Waals surface area contributed by atoms with E-state index in [4.69, 9.17) is 5.73 Å². The Bertz CT molecular complexity index is 400. The van der Waals surface area contributed by atoms with E-state index in [0.717, 1.165) is 11.1 Å². The molecule has 0 aliphatic rings. The summed E-state index contributed by atoms with van der Waals surface area (Å²) in [5, 5.41) is 20.0. The first-order valence-corrected chi connectivity index (χ1v) is 5.01. The fraction of sp³-hybridized carbons (Fsp3) is 0.455. The minimum absolute atomic E-state index is 0.0220. The standard InChI is InChI=1S/C11H16N2O3/c1-8-3-4-9(13(15)16)5-10(8)11(2,6-12)7-14/h3-5,14H,6-7,12H2,1-2H3. The Balaban J connectivity index is 3.31. The SMILES string of the molecule is Cc1ccc([N+](=O)[O-])cc1C(C)(CN)CO. The summed E-state index contributed by atoms with van der Waals surface area (Å²) in [6, 6.07) is 4.61. The predicted octanol–water partition coefficient (Wildman–Crippen LogP) is 1.11. The fourth-order valence-electron chi connectivity index (χ4n) is 1.63. The van der Waals surface area contributed by atoms with E-state index in [9.17, 15) is 15.2 Å². The van der Waals surface area contributed by atoms with E-state index in [0.29, 0.717) is 0 Å². The largest absolute Gasteiger partial charge is 0.395 e. The second-order valence-electron chi connectivity index (χ2n) is 4.18. The van der Waals surface area contributed by atoms with Crippen molar-refractivity contribution in [2.24, 2.45) is 5.73 Å². The van der Waals surface area contributed by atoms with Crippen molar-refractivity contribution in [3.8, 4) is 0 Å². The van der Waals surface area contributed by atoms with Crippen LogP contribution in [-0.2, 0) is 5.41 Å². The van der Waals surface area contributed by atoms with Crippen molar-refractivity contribution >= 4 is 5.69 Å². The highest BCUT2D eigenvalue weighted by atomic mass is 16.6. The van der Waals surface area contributed by atoms with Crippen molar-refractivity contribution < 1.29 is 10.0 Å². The highest BCUT2D eigenvalue weighted by molar-refractivity contribution is 5.43. The Kier molecular flexibility index (Phi) is 3.62. The molecule has 3 N–H and O–H groups in total. The number of nitrogens with zero attached hydrogens (tertiary/aromatic N) is 1. The third-order valence-corrected chi connectivity index (χ3v) is 2.88. The molecule has 88 valence electrons. The zero-order chi connectivity index (χ0) is 12.3. The zero-order valence-electron chi connectivity index (χ0n) is 9.43. The predicted molar refractivity (Wildman–Crippen MR) is 61.3 cm³/mol. The maximum atomic E-state index is 10.7. The summed E-state index contributed by atoms with van der Waals surface area (Å²) < 4.78 is 0. The second-order valence-corrected chi connectivity index (χ2v) is 4.18. The van der Waals surface area contributed by atoms with Gasteiger partial charge in [0.05, 0.1) is 11.5 Å².